The van der Waals surface area contributed by atoms with Gasteiger partial charge in [0.05, 0.1) is 12.2 Å². The summed E-state index contributed by atoms with van der Waals surface area (Å²) in [6.45, 7) is 6.58. The second-order valence-electron chi connectivity index (χ2n) is 15.0. The van der Waals surface area contributed by atoms with Crippen molar-refractivity contribution in [3.05, 3.63) is 36.5 Å². The summed E-state index contributed by atoms with van der Waals surface area (Å²) >= 11 is 0. The highest BCUT2D eigenvalue weighted by molar-refractivity contribution is 5.69. The van der Waals surface area contributed by atoms with E-state index in [0.29, 0.717) is 19.3 Å². The Hall–Kier alpha value is -1.92. The van der Waals surface area contributed by atoms with Crippen molar-refractivity contribution in [2.45, 2.75) is 212 Å². The van der Waals surface area contributed by atoms with Gasteiger partial charge >= 0.3 is 11.9 Å². The van der Waals surface area contributed by atoms with E-state index in [0.717, 1.165) is 50.9 Å². The maximum atomic E-state index is 12.1. The van der Waals surface area contributed by atoms with Gasteiger partial charge < -0.3 is 19.3 Å². The summed E-state index contributed by atoms with van der Waals surface area (Å²) in [6, 6.07) is 0. The van der Waals surface area contributed by atoms with Crippen molar-refractivity contribution < 1.29 is 28.9 Å². The van der Waals surface area contributed by atoms with E-state index in [1.807, 2.05) is 0 Å². The SMILES string of the molecule is CCCCC/C=C\C/C=C\C/C=C\CC1OC1CCCC(=O)OC[C@@H](O)COC(=O)CCCCCCCCCCCCCCCCCC(C)C. The number of carbonyl (C=O) groups excluding carboxylic acids is 2. The summed E-state index contributed by atoms with van der Waals surface area (Å²) in [6.07, 6.45) is 43.7. The van der Waals surface area contributed by atoms with Crippen molar-refractivity contribution in [3.63, 3.8) is 0 Å². The predicted octanol–water partition coefficient (Wildman–Crippen LogP) is 12.1. The quantitative estimate of drug-likeness (QED) is 0.0303. The summed E-state index contributed by atoms with van der Waals surface area (Å²) in [5, 5.41) is 10.1. The van der Waals surface area contributed by atoms with Gasteiger partial charge in [0.15, 0.2) is 0 Å². The smallest absolute Gasteiger partial charge is 0.305 e. The normalized spacial score (nSPS) is 16.7. The molecule has 2 unspecified atom stereocenters. The van der Waals surface area contributed by atoms with E-state index in [2.05, 4.69) is 57.2 Å². The molecule has 0 bridgehead atoms. The molecule has 1 fully saturated rings. The fourth-order valence-electron chi connectivity index (χ4n) is 6.18. The summed E-state index contributed by atoms with van der Waals surface area (Å²) in [7, 11) is 0. The van der Waals surface area contributed by atoms with Gasteiger partial charge in [0, 0.05) is 12.8 Å². The Kier molecular flexibility index (Phi) is 31.5. The highest BCUT2D eigenvalue weighted by Crippen LogP contribution is 2.30. The fraction of sp³-hybridized carbons (Fsp3) is 0.818. The first-order chi connectivity index (χ1) is 24.4. The lowest BCUT2D eigenvalue weighted by Gasteiger charge is -2.12. The van der Waals surface area contributed by atoms with E-state index in [1.165, 1.54) is 109 Å². The molecule has 0 radical (unpaired) electrons. The molecule has 1 heterocycles. The molecule has 1 rings (SSSR count). The Labute approximate surface area is 308 Å². The first-order valence-corrected chi connectivity index (χ1v) is 21.0. The number of epoxide rings is 1. The lowest BCUT2D eigenvalue weighted by molar-refractivity contribution is -0.152. The molecule has 1 aliphatic rings. The number of rotatable bonds is 36. The Morgan fingerprint density at radius 2 is 1.08 bits per heavy atom. The lowest BCUT2D eigenvalue weighted by atomic mass is 10.0. The minimum Gasteiger partial charge on any atom is -0.463 e. The monoisotopic (exact) mass is 703 g/mol. The van der Waals surface area contributed by atoms with Crippen LogP contribution in [0.1, 0.15) is 194 Å². The second kappa shape index (κ2) is 34.2. The van der Waals surface area contributed by atoms with Gasteiger partial charge in [-0.15, -0.1) is 0 Å². The summed E-state index contributed by atoms with van der Waals surface area (Å²) < 4.78 is 16.1. The molecule has 1 N–H and O–H groups in total. The molecule has 0 aromatic rings. The highest BCUT2D eigenvalue weighted by Gasteiger charge is 2.36. The molecule has 6 heteroatoms. The van der Waals surface area contributed by atoms with Crippen LogP contribution in [0.5, 0.6) is 0 Å². The third kappa shape index (κ3) is 32.0. The zero-order valence-corrected chi connectivity index (χ0v) is 32.8. The number of hydrogen-bond donors (Lipinski definition) is 1. The highest BCUT2D eigenvalue weighted by atomic mass is 16.6. The number of unbranched alkanes of at least 4 members (excludes halogenated alkanes) is 17. The van der Waals surface area contributed by atoms with E-state index in [1.54, 1.807) is 0 Å². The van der Waals surface area contributed by atoms with Crippen LogP contribution < -0.4 is 0 Å². The van der Waals surface area contributed by atoms with Crippen LogP contribution in [-0.2, 0) is 23.8 Å². The van der Waals surface area contributed by atoms with Crippen molar-refractivity contribution >= 4 is 11.9 Å². The van der Waals surface area contributed by atoms with Crippen molar-refractivity contribution in [2.75, 3.05) is 13.2 Å². The summed E-state index contributed by atoms with van der Waals surface area (Å²) in [4.78, 5) is 24.1. The number of aliphatic hydroxyl groups excluding tert-OH is 1. The zero-order valence-electron chi connectivity index (χ0n) is 32.8. The third-order valence-corrected chi connectivity index (χ3v) is 9.48. The molecule has 0 saturated carbocycles. The summed E-state index contributed by atoms with van der Waals surface area (Å²) in [5.41, 5.74) is 0. The molecule has 0 spiro atoms. The number of aliphatic hydroxyl groups is 1. The topological polar surface area (TPSA) is 85.4 Å². The number of allylic oxidation sites excluding steroid dienone is 5. The second-order valence-corrected chi connectivity index (χ2v) is 15.0. The Balaban J connectivity index is 1.85. The number of hydrogen-bond acceptors (Lipinski definition) is 6. The van der Waals surface area contributed by atoms with E-state index < -0.39 is 6.10 Å². The average Bonchev–Trinajstić information content (AvgIpc) is 3.85. The lowest BCUT2D eigenvalue weighted by Crippen LogP contribution is -2.25. The Morgan fingerprint density at radius 3 is 1.62 bits per heavy atom. The van der Waals surface area contributed by atoms with E-state index in [9.17, 15) is 14.7 Å². The number of carbonyl (C=O) groups is 2. The van der Waals surface area contributed by atoms with E-state index in [4.69, 9.17) is 14.2 Å². The predicted molar refractivity (Wildman–Crippen MR) is 209 cm³/mol. The maximum absolute atomic E-state index is 12.1. The van der Waals surface area contributed by atoms with Crippen molar-refractivity contribution in [1.82, 2.24) is 0 Å². The number of ether oxygens (including phenoxy) is 3. The van der Waals surface area contributed by atoms with Gasteiger partial charge in [-0.25, -0.2) is 0 Å². The van der Waals surface area contributed by atoms with Crippen LogP contribution in [0.15, 0.2) is 36.5 Å². The summed E-state index contributed by atoms with van der Waals surface area (Å²) in [5.74, 6) is 0.218. The van der Waals surface area contributed by atoms with Gasteiger partial charge in [0.2, 0.25) is 0 Å². The zero-order chi connectivity index (χ0) is 36.3. The Bertz CT molecular complexity index is 878. The van der Waals surface area contributed by atoms with Crippen LogP contribution in [0, 0.1) is 5.92 Å². The standard InChI is InChI=1S/C44H78O6/c1-4-5-6-7-8-9-10-17-20-23-26-29-33-41-42(50-41)34-31-36-44(47)49-38-40(45)37-48-43(46)35-30-27-24-21-18-15-13-11-12-14-16-19-22-25-28-32-39(2)3/h8-9,17,20,26,29,39-42,45H,4-7,10-16,18-19,21-25,27-28,30-38H2,1-3H3/b9-8-,20-17-,29-26-/t40-,41?,42?/m0/s1. The van der Waals surface area contributed by atoms with Gasteiger partial charge in [0.25, 0.3) is 0 Å². The molecular formula is C44H78O6. The molecule has 6 nitrogen and oxygen atoms in total. The molecule has 0 aromatic heterocycles. The minimum absolute atomic E-state index is 0.137. The average molecular weight is 703 g/mol. The molecule has 0 aliphatic carbocycles. The maximum Gasteiger partial charge on any atom is 0.305 e. The van der Waals surface area contributed by atoms with Crippen molar-refractivity contribution in [3.8, 4) is 0 Å². The fourth-order valence-corrected chi connectivity index (χ4v) is 6.18. The van der Waals surface area contributed by atoms with Crippen LogP contribution >= 0.6 is 0 Å². The Morgan fingerprint density at radius 1 is 0.600 bits per heavy atom. The van der Waals surface area contributed by atoms with Crippen LogP contribution in [0.2, 0.25) is 0 Å². The van der Waals surface area contributed by atoms with Gasteiger partial charge in [-0.2, -0.15) is 0 Å². The van der Waals surface area contributed by atoms with Gasteiger partial charge in [-0.3, -0.25) is 9.59 Å². The molecule has 50 heavy (non-hydrogen) atoms. The molecule has 3 atom stereocenters. The molecule has 0 amide bonds. The van der Waals surface area contributed by atoms with Crippen LogP contribution in [0.4, 0.5) is 0 Å². The van der Waals surface area contributed by atoms with E-state index >= 15 is 0 Å². The van der Waals surface area contributed by atoms with Crippen molar-refractivity contribution in [2.24, 2.45) is 5.92 Å². The van der Waals surface area contributed by atoms with Crippen molar-refractivity contribution in [1.29, 1.82) is 0 Å². The van der Waals surface area contributed by atoms with Crippen LogP contribution in [-0.4, -0.2) is 48.6 Å². The third-order valence-electron chi connectivity index (χ3n) is 9.48. The molecule has 1 aliphatic heterocycles. The molecule has 0 aromatic carbocycles. The van der Waals surface area contributed by atoms with Gasteiger partial charge in [-0.1, -0.05) is 166 Å². The van der Waals surface area contributed by atoms with Crippen LogP contribution in [0.3, 0.4) is 0 Å². The minimum atomic E-state index is -0.993. The first kappa shape index (κ1) is 46.1. The number of esters is 2. The van der Waals surface area contributed by atoms with Crippen LogP contribution in [0.25, 0.3) is 0 Å². The first-order valence-electron chi connectivity index (χ1n) is 21.0. The van der Waals surface area contributed by atoms with Gasteiger partial charge in [0.1, 0.15) is 19.3 Å². The molecular weight excluding hydrogens is 624 g/mol. The largest absolute Gasteiger partial charge is 0.463 e. The molecule has 1 saturated heterocycles. The molecule has 290 valence electrons. The van der Waals surface area contributed by atoms with Gasteiger partial charge in [-0.05, 0) is 57.3 Å². The van der Waals surface area contributed by atoms with E-state index in [-0.39, 0.29) is 37.4 Å².